The Bertz CT molecular complexity index is 597. The molecule has 0 spiro atoms. The lowest BCUT2D eigenvalue weighted by Crippen LogP contribution is -2.05. The number of hydrogen-bond donors (Lipinski definition) is 1. The van der Waals surface area contributed by atoms with Crippen molar-refractivity contribution in [2.75, 3.05) is 5.73 Å². The molecule has 88 valence electrons. The molecular formula is C11H6BrF2NOS. The summed E-state index contributed by atoms with van der Waals surface area (Å²) in [6.45, 7) is 0. The van der Waals surface area contributed by atoms with Crippen LogP contribution in [0, 0.1) is 11.6 Å². The van der Waals surface area contributed by atoms with Crippen LogP contribution in [0.2, 0.25) is 0 Å². The fraction of sp³-hybridized carbons (Fsp3) is 0. The standard InChI is InChI=1S/C11H6BrF2NOS/c12-6-1-2-17-11(6)10(16)5-3-9(15)8(14)4-7(5)13/h1-4H,15H2. The summed E-state index contributed by atoms with van der Waals surface area (Å²) in [6.07, 6.45) is 0. The lowest BCUT2D eigenvalue weighted by Gasteiger charge is -2.04. The maximum absolute atomic E-state index is 13.5. The van der Waals surface area contributed by atoms with Crippen LogP contribution in [0.3, 0.4) is 0 Å². The largest absolute Gasteiger partial charge is 0.396 e. The Balaban J connectivity index is 2.52. The summed E-state index contributed by atoms with van der Waals surface area (Å²) < 4.78 is 27.0. The van der Waals surface area contributed by atoms with Crippen molar-refractivity contribution >= 4 is 38.7 Å². The minimum Gasteiger partial charge on any atom is -0.396 e. The van der Waals surface area contributed by atoms with Gasteiger partial charge < -0.3 is 5.73 Å². The van der Waals surface area contributed by atoms with Crippen LogP contribution in [0.4, 0.5) is 14.5 Å². The van der Waals surface area contributed by atoms with Gasteiger partial charge in [-0.15, -0.1) is 11.3 Å². The van der Waals surface area contributed by atoms with Gasteiger partial charge in [-0.25, -0.2) is 8.78 Å². The van der Waals surface area contributed by atoms with Crippen molar-refractivity contribution in [3.63, 3.8) is 0 Å². The number of benzene rings is 1. The van der Waals surface area contributed by atoms with E-state index in [1.807, 2.05) is 0 Å². The first kappa shape index (κ1) is 12.2. The molecule has 0 aliphatic rings. The maximum atomic E-state index is 13.5. The molecule has 17 heavy (non-hydrogen) atoms. The van der Waals surface area contributed by atoms with Crippen molar-refractivity contribution in [2.24, 2.45) is 0 Å². The highest BCUT2D eigenvalue weighted by Gasteiger charge is 2.19. The topological polar surface area (TPSA) is 43.1 Å². The third kappa shape index (κ3) is 2.23. The first-order valence-corrected chi connectivity index (χ1v) is 6.20. The normalized spacial score (nSPS) is 10.5. The summed E-state index contributed by atoms with van der Waals surface area (Å²) in [5, 5.41) is 1.70. The lowest BCUT2D eigenvalue weighted by atomic mass is 10.1. The van der Waals surface area contributed by atoms with Gasteiger partial charge in [0.25, 0.3) is 0 Å². The fourth-order valence-electron chi connectivity index (χ4n) is 1.32. The van der Waals surface area contributed by atoms with Gasteiger partial charge in [0.1, 0.15) is 11.6 Å². The zero-order chi connectivity index (χ0) is 12.6. The molecule has 0 aliphatic carbocycles. The average Bonchev–Trinajstić information content (AvgIpc) is 2.69. The first-order valence-electron chi connectivity index (χ1n) is 4.53. The predicted molar refractivity (Wildman–Crippen MR) is 66.2 cm³/mol. The van der Waals surface area contributed by atoms with Crippen molar-refractivity contribution in [1.82, 2.24) is 0 Å². The Morgan fingerprint density at radius 3 is 2.59 bits per heavy atom. The number of halogens is 3. The fourth-order valence-corrected chi connectivity index (χ4v) is 2.82. The van der Waals surface area contributed by atoms with Crippen LogP contribution in [0.15, 0.2) is 28.1 Å². The van der Waals surface area contributed by atoms with E-state index < -0.39 is 17.4 Å². The molecule has 1 aromatic heterocycles. The Kier molecular flexibility index (Phi) is 3.26. The molecule has 2 N–H and O–H groups in total. The summed E-state index contributed by atoms with van der Waals surface area (Å²) in [5.74, 6) is -2.30. The van der Waals surface area contributed by atoms with E-state index >= 15 is 0 Å². The Morgan fingerprint density at radius 2 is 2.00 bits per heavy atom. The molecule has 1 aromatic carbocycles. The quantitative estimate of drug-likeness (QED) is 0.679. The number of rotatable bonds is 2. The van der Waals surface area contributed by atoms with E-state index in [-0.39, 0.29) is 11.3 Å². The van der Waals surface area contributed by atoms with E-state index in [4.69, 9.17) is 5.73 Å². The van der Waals surface area contributed by atoms with Gasteiger partial charge in [0.2, 0.25) is 5.78 Å². The highest BCUT2D eigenvalue weighted by molar-refractivity contribution is 9.10. The van der Waals surface area contributed by atoms with Gasteiger partial charge >= 0.3 is 0 Å². The van der Waals surface area contributed by atoms with Gasteiger partial charge in [0, 0.05) is 10.5 Å². The SMILES string of the molecule is Nc1cc(C(=O)c2sccc2Br)c(F)cc1F. The second-order valence-corrected chi connectivity index (χ2v) is 5.05. The van der Waals surface area contributed by atoms with E-state index in [2.05, 4.69) is 15.9 Å². The van der Waals surface area contributed by atoms with Crippen LogP contribution in [-0.2, 0) is 0 Å². The third-order valence-corrected chi connectivity index (χ3v) is 3.99. The second-order valence-electron chi connectivity index (χ2n) is 3.28. The maximum Gasteiger partial charge on any atom is 0.207 e. The molecule has 0 saturated heterocycles. The number of thiophene rings is 1. The van der Waals surface area contributed by atoms with Crippen LogP contribution in [0.1, 0.15) is 15.2 Å². The highest BCUT2D eigenvalue weighted by Crippen LogP contribution is 2.27. The third-order valence-electron chi connectivity index (χ3n) is 2.15. The molecule has 1 heterocycles. The highest BCUT2D eigenvalue weighted by atomic mass is 79.9. The van der Waals surface area contributed by atoms with E-state index in [0.29, 0.717) is 15.4 Å². The second kappa shape index (κ2) is 4.54. The van der Waals surface area contributed by atoms with Gasteiger partial charge in [0.15, 0.2) is 0 Å². The summed E-state index contributed by atoms with van der Waals surface area (Å²) >= 11 is 4.36. The van der Waals surface area contributed by atoms with Crippen molar-refractivity contribution in [1.29, 1.82) is 0 Å². The predicted octanol–water partition coefficient (Wildman–Crippen LogP) is 3.60. The number of carbonyl (C=O) groups is 1. The zero-order valence-corrected chi connectivity index (χ0v) is 10.7. The molecule has 0 atom stereocenters. The molecule has 0 bridgehead atoms. The summed E-state index contributed by atoms with van der Waals surface area (Å²) in [5.41, 5.74) is 4.84. The number of ketones is 1. The monoisotopic (exact) mass is 317 g/mol. The molecule has 0 fully saturated rings. The Labute approximate surface area is 108 Å². The Morgan fingerprint density at radius 1 is 1.29 bits per heavy atom. The molecule has 0 radical (unpaired) electrons. The van der Waals surface area contributed by atoms with Gasteiger partial charge in [-0.05, 0) is 33.4 Å². The van der Waals surface area contributed by atoms with Crippen molar-refractivity contribution in [2.45, 2.75) is 0 Å². The van der Waals surface area contributed by atoms with Gasteiger partial charge in [0.05, 0.1) is 16.1 Å². The van der Waals surface area contributed by atoms with Crippen molar-refractivity contribution in [3.8, 4) is 0 Å². The number of nitrogen functional groups attached to an aromatic ring is 1. The number of nitrogens with two attached hydrogens (primary N) is 1. The number of carbonyl (C=O) groups excluding carboxylic acids is 1. The van der Waals surface area contributed by atoms with Crippen LogP contribution in [0.25, 0.3) is 0 Å². The average molecular weight is 318 g/mol. The molecule has 2 aromatic rings. The van der Waals surface area contributed by atoms with Crippen LogP contribution in [-0.4, -0.2) is 5.78 Å². The summed E-state index contributed by atoms with van der Waals surface area (Å²) in [4.78, 5) is 12.3. The summed E-state index contributed by atoms with van der Waals surface area (Å²) in [7, 11) is 0. The van der Waals surface area contributed by atoms with Gasteiger partial charge in [-0.2, -0.15) is 0 Å². The molecule has 0 saturated carbocycles. The van der Waals surface area contributed by atoms with E-state index in [1.165, 1.54) is 11.3 Å². The van der Waals surface area contributed by atoms with Crippen LogP contribution >= 0.6 is 27.3 Å². The molecule has 2 rings (SSSR count). The smallest absolute Gasteiger partial charge is 0.207 e. The number of hydrogen-bond acceptors (Lipinski definition) is 3. The Hall–Kier alpha value is -1.27. The molecule has 0 unspecified atom stereocenters. The van der Waals surface area contributed by atoms with Gasteiger partial charge in [-0.1, -0.05) is 0 Å². The summed E-state index contributed by atoms with van der Waals surface area (Å²) in [6, 6.07) is 3.31. The zero-order valence-electron chi connectivity index (χ0n) is 8.34. The minimum atomic E-state index is -0.915. The van der Waals surface area contributed by atoms with E-state index in [1.54, 1.807) is 11.4 Å². The molecule has 2 nitrogen and oxygen atoms in total. The first-order chi connectivity index (χ1) is 8.00. The van der Waals surface area contributed by atoms with Gasteiger partial charge in [-0.3, -0.25) is 4.79 Å². The van der Waals surface area contributed by atoms with E-state index in [0.717, 1.165) is 6.07 Å². The molecular weight excluding hydrogens is 312 g/mol. The lowest BCUT2D eigenvalue weighted by molar-refractivity contribution is 0.103. The van der Waals surface area contributed by atoms with Crippen molar-refractivity contribution < 1.29 is 13.6 Å². The minimum absolute atomic E-state index is 0.230. The molecule has 0 amide bonds. The van der Waals surface area contributed by atoms with E-state index in [9.17, 15) is 13.6 Å². The molecule has 6 heteroatoms. The van der Waals surface area contributed by atoms with Crippen molar-refractivity contribution in [3.05, 3.63) is 50.1 Å². The molecule has 0 aliphatic heterocycles. The number of anilines is 1. The van der Waals surface area contributed by atoms with Crippen LogP contribution < -0.4 is 5.73 Å². The van der Waals surface area contributed by atoms with Crippen LogP contribution in [0.5, 0.6) is 0 Å².